The summed E-state index contributed by atoms with van der Waals surface area (Å²) in [5, 5.41) is 3.04. The Hall–Kier alpha value is -2.89. The van der Waals surface area contributed by atoms with E-state index in [9.17, 15) is 9.59 Å². The number of rotatable bonds is 7. The van der Waals surface area contributed by atoms with Gasteiger partial charge in [-0.05, 0) is 63.1 Å². The van der Waals surface area contributed by atoms with Gasteiger partial charge in [0.05, 0.1) is 0 Å². The topological polar surface area (TPSA) is 71.5 Å². The van der Waals surface area contributed by atoms with E-state index in [1.54, 1.807) is 12.1 Å². The van der Waals surface area contributed by atoms with Crippen molar-refractivity contribution in [3.63, 3.8) is 0 Å². The van der Waals surface area contributed by atoms with E-state index in [-0.39, 0.29) is 24.0 Å². The standard InChI is InChI=1S/C25H31N3O3/c1-17-4-3-5-21(26-17)16-18(2)27-24(29)19-8-10-22(11-9-19)31-23-12-14-28(15-13-23)25(30)20-6-7-20/h3-5,8-11,18,20,23H,6-7,12-16H2,1-2H3,(H,27,29)/t18-/m0/s1. The van der Waals surface area contributed by atoms with E-state index in [0.717, 1.165) is 55.9 Å². The van der Waals surface area contributed by atoms with Gasteiger partial charge in [0.25, 0.3) is 5.91 Å². The Morgan fingerprint density at radius 3 is 2.45 bits per heavy atom. The predicted octanol–water partition coefficient (Wildman–Crippen LogP) is 3.53. The highest BCUT2D eigenvalue weighted by molar-refractivity contribution is 5.94. The molecule has 1 aromatic carbocycles. The van der Waals surface area contributed by atoms with Crippen LogP contribution in [0.25, 0.3) is 0 Å². The van der Waals surface area contributed by atoms with Crippen LogP contribution < -0.4 is 10.1 Å². The summed E-state index contributed by atoms with van der Waals surface area (Å²) in [5.74, 6) is 1.27. The number of carbonyl (C=O) groups is 2. The first-order valence-corrected chi connectivity index (χ1v) is 11.3. The minimum atomic E-state index is -0.0985. The Labute approximate surface area is 184 Å². The zero-order valence-electron chi connectivity index (χ0n) is 18.3. The molecule has 6 heteroatoms. The highest BCUT2D eigenvalue weighted by Crippen LogP contribution is 2.32. The van der Waals surface area contributed by atoms with Crippen molar-refractivity contribution in [3.05, 3.63) is 59.4 Å². The van der Waals surface area contributed by atoms with Crippen molar-refractivity contribution in [2.75, 3.05) is 13.1 Å². The third-order valence-electron chi connectivity index (χ3n) is 5.94. The second-order valence-corrected chi connectivity index (χ2v) is 8.79. The molecule has 31 heavy (non-hydrogen) atoms. The van der Waals surface area contributed by atoms with E-state index in [4.69, 9.17) is 4.74 Å². The summed E-state index contributed by atoms with van der Waals surface area (Å²) >= 11 is 0. The third kappa shape index (κ3) is 5.84. The van der Waals surface area contributed by atoms with Gasteiger partial charge in [-0.15, -0.1) is 0 Å². The van der Waals surface area contributed by atoms with E-state index < -0.39 is 0 Å². The zero-order valence-corrected chi connectivity index (χ0v) is 18.3. The summed E-state index contributed by atoms with van der Waals surface area (Å²) < 4.78 is 6.09. The number of ether oxygens (including phenoxy) is 1. The monoisotopic (exact) mass is 421 g/mol. The molecule has 6 nitrogen and oxygen atoms in total. The molecule has 1 aliphatic heterocycles. The number of aryl methyl sites for hydroxylation is 1. The molecule has 1 aliphatic carbocycles. The number of nitrogens with one attached hydrogen (secondary N) is 1. The molecule has 1 N–H and O–H groups in total. The number of carbonyl (C=O) groups excluding carboxylic acids is 2. The van der Waals surface area contributed by atoms with Gasteiger partial charge in [0.1, 0.15) is 11.9 Å². The molecule has 0 bridgehead atoms. The van der Waals surface area contributed by atoms with Gasteiger partial charge in [-0.3, -0.25) is 14.6 Å². The largest absolute Gasteiger partial charge is 0.490 e. The van der Waals surface area contributed by atoms with E-state index in [2.05, 4.69) is 10.3 Å². The van der Waals surface area contributed by atoms with Crippen LogP contribution in [0, 0.1) is 12.8 Å². The minimum Gasteiger partial charge on any atom is -0.490 e. The minimum absolute atomic E-state index is 0.0127. The Morgan fingerprint density at radius 2 is 1.81 bits per heavy atom. The number of piperidine rings is 1. The molecule has 164 valence electrons. The summed E-state index contributed by atoms with van der Waals surface area (Å²) in [5.41, 5.74) is 2.56. The van der Waals surface area contributed by atoms with Crippen molar-refractivity contribution >= 4 is 11.8 Å². The smallest absolute Gasteiger partial charge is 0.251 e. The number of likely N-dealkylation sites (tertiary alicyclic amines) is 1. The van der Waals surface area contributed by atoms with Crippen LogP contribution in [0.4, 0.5) is 0 Å². The van der Waals surface area contributed by atoms with Crippen LogP contribution in [-0.2, 0) is 11.2 Å². The maximum atomic E-state index is 12.6. The quantitative estimate of drug-likeness (QED) is 0.742. The number of hydrogen-bond acceptors (Lipinski definition) is 4. The molecule has 0 radical (unpaired) electrons. The number of nitrogens with zero attached hydrogens (tertiary/aromatic N) is 2. The summed E-state index contributed by atoms with van der Waals surface area (Å²) in [6, 6.07) is 13.2. The number of aromatic nitrogens is 1. The second-order valence-electron chi connectivity index (χ2n) is 8.79. The molecular formula is C25H31N3O3. The lowest BCUT2D eigenvalue weighted by Crippen LogP contribution is -2.42. The molecule has 1 saturated heterocycles. The Kier molecular flexibility index (Phi) is 6.54. The fourth-order valence-corrected chi connectivity index (χ4v) is 4.04. The molecule has 1 saturated carbocycles. The van der Waals surface area contributed by atoms with Gasteiger partial charge in [0.2, 0.25) is 5.91 Å². The molecule has 0 unspecified atom stereocenters. The molecule has 4 rings (SSSR count). The maximum Gasteiger partial charge on any atom is 0.251 e. The fourth-order valence-electron chi connectivity index (χ4n) is 4.04. The van der Waals surface area contributed by atoms with Crippen LogP contribution in [0.15, 0.2) is 42.5 Å². The van der Waals surface area contributed by atoms with Gasteiger partial charge < -0.3 is 15.0 Å². The van der Waals surface area contributed by atoms with Gasteiger partial charge in [0.15, 0.2) is 0 Å². The molecule has 2 amide bonds. The first kappa shape index (κ1) is 21.3. The average Bonchev–Trinajstić information content (AvgIpc) is 3.60. The van der Waals surface area contributed by atoms with Crippen molar-refractivity contribution in [3.8, 4) is 5.75 Å². The van der Waals surface area contributed by atoms with Crippen molar-refractivity contribution in [2.45, 2.75) is 58.1 Å². The Morgan fingerprint density at radius 1 is 1.10 bits per heavy atom. The highest BCUT2D eigenvalue weighted by atomic mass is 16.5. The van der Waals surface area contributed by atoms with Gasteiger partial charge in [0, 0.05) is 61.3 Å². The zero-order chi connectivity index (χ0) is 21.8. The lowest BCUT2D eigenvalue weighted by Gasteiger charge is -2.32. The molecule has 2 aromatic rings. The molecule has 1 atom stereocenters. The summed E-state index contributed by atoms with van der Waals surface area (Å²) in [6.45, 7) is 5.50. The normalized spacial score (nSPS) is 17.8. The van der Waals surface area contributed by atoms with Crippen LogP contribution >= 0.6 is 0 Å². The van der Waals surface area contributed by atoms with Crippen LogP contribution in [0.3, 0.4) is 0 Å². The highest BCUT2D eigenvalue weighted by Gasteiger charge is 2.35. The first-order valence-electron chi connectivity index (χ1n) is 11.3. The third-order valence-corrected chi connectivity index (χ3v) is 5.94. The number of pyridine rings is 1. The maximum absolute atomic E-state index is 12.6. The predicted molar refractivity (Wildman–Crippen MR) is 119 cm³/mol. The van der Waals surface area contributed by atoms with Gasteiger partial charge in [-0.1, -0.05) is 6.07 Å². The van der Waals surface area contributed by atoms with Crippen LogP contribution in [0.5, 0.6) is 5.75 Å². The first-order chi connectivity index (χ1) is 15.0. The molecule has 0 spiro atoms. The van der Waals surface area contributed by atoms with Crippen molar-refractivity contribution in [1.29, 1.82) is 0 Å². The molecule has 2 heterocycles. The van der Waals surface area contributed by atoms with Crippen LogP contribution in [-0.4, -0.2) is 46.9 Å². The van der Waals surface area contributed by atoms with Crippen LogP contribution in [0.2, 0.25) is 0 Å². The van der Waals surface area contributed by atoms with Crippen LogP contribution in [0.1, 0.15) is 54.4 Å². The van der Waals surface area contributed by atoms with Gasteiger partial charge in [-0.25, -0.2) is 0 Å². The van der Waals surface area contributed by atoms with E-state index in [0.29, 0.717) is 17.9 Å². The Bertz CT molecular complexity index is 916. The molecular weight excluding hydrogens is 390 g/mol. The summed E-state index contributed by atoms with van der Waals surface area (Å²) in [6.07, 6.45) is 4.62. The molecule has 2 fully saturated rings. The average molecular weight is 422 g/mol. The van der Waals surface area contributed by atoms with E-state index in [1.165, 1.54) is 0 Å². The summed E-state index contributed by atoms with van der Waals surface area (Å²) in [7, 11) is 0. The van der Waals surface area contributed by atoms with E-state index >= 15 is 0 Å². The van der Waals surface area contributed by atoms with Crippen molar-refractivity contribution in [2.24, 2.45) is 5.92 Å². The van der Waals surface area contributed by atoms with Gasteiger partial charge in [-0.2, -0.15) is 0 Å². The lowest BCUT2D eigenvalue weighted by molar-refractivity contribution is -0.134. The lowest BCUT2D eigenvalue weighted by atomic mass is 10.1. The number of benzene rings is 1. The molecule has 2 aliphatic rings. The SMILES string of the molecule is Cc1cccc(C[C@H](C)NC(=O)c2ccc(OC3CCN(C(=O)C4CC4)CC3)cc2)n1. The molecule has 1 aromatic heterocycles. The summed E-state index contributed by atoms with van der Waals surface area (Å²) in [4.78, 5) is 31.2. The van der Waals surface area contributed by atoms with Crippen molar-refractivity contribution in [1.82, 2.24) is 15.2 Å². The Balaban J connectivity index is 1.24. The number of amides is 2. The van der Waals surface area contributed by atoms with E-state index in [1.807, 2.05) is 49.1 Å². The second kappa shape index (κ2) is 9.50. The number of hydrogen-bond donors (Lipinski definition) is 1. The van der Waals surface area contributed by atoms with Gasteiger partial charge >= 0.3 is 0 Å². The fraction of sp³-hybridized carbons (Fsp3) is 0.480. The van der Waals surface area contributed by atoms with Crippen molar-refractivity contribution < 1.29 is 14.3 Å².